The molecule has 2 unspecified atom stereocenters. The van der Waals surface area contributed by atoms with Crippen LogP contribution in [-0.2, 0) is 4.74 Å². The standard InChI is InChI=1S/C13H19NO3/c1-3-15-8-10(14-2)13-9-16-11-6-4-5-7-12(11)17-13/h4-7,10,13-14H,3,8-9H2,1-2H3. The largest absolute Gasteiger partial charge is 0.486 e. The zero-order valence-electron chi connectivity index (χ0n) is 10.3. The molecule has 1 heterocycles. The van der Waals surface area contributed by atoms with Gasteiger partial charge in [-0.2, -0.15) is 0 Å². The zero-order chi connectivity index (χ0) is 12.1. The minimum atomic E-state index is -0.0125. The molecule has 0 fully saturated rings. The maximum Gasteiger partial charge on any atom is 0.161 e. The van der Waals surface area contributed by atoms with Crippen LogP contribution in [0.2, 0.25) is 0 Å². The quantitative estimate of drug-likeness (QED) is 0.841. The van der Waals surface area contributed by atoms with E-state index < -0.39 is 0 Å². The average molecular weight is 237 g/mol. The average Bonchev–Trinajstić information content (AvgIpc) is 2.39. The molecule has 17 heavy (non-hydrogen) atoms. The number of nitrogens with one attached hydrogen (secondary N) is 1. The van der Waals surface area contributed by atoms with Gasteiger partial charge in [-0.1, -0.05) is 12.1 Å². The molecule has 1 aromatic rings. The Morgan fingerprint density at radius 2 is 2.18 bits per heavy atom. The lowest BCUT2D eigenvalue weighted by Gasteiger charge is -2.31. The second-order valence-electron chi connectivity index (χ2n) is 3.97. The Kier molecular flexibility index (Phi) is 4.23. The Morgan fingerprint density at radius 3 is 2.88 bits per heavy atom. The molecule has 94 valence electrons. The predicted octanol–water partition coefficient (Wildman–Crippen LogP) is 1.45. The molecule has 2 atom stereocenters. The van der Waals surface area contributed by atoms with Crippen molar-refractivity contribution >= 4 is 0 Å². The van der Waals surface area contributed by atoms with Crippen molar-refractivity contribution in [2.75, 3.05) is 26.9 Å². The van der Waals surface area contributed by atoms with Gasteiger partial charge in [0.05, 0.1) is 12.6 Å². The van der Waals surface area contributed by atoms with Gasteiger partial charge < -0.3 is 19.5 Å². The number of rotatable bonds is 5. The molecule has 1 N–H and O–H groups in total. The van der Waals surface area contributed by atoms with Gasteiger partial charge in [-0.15, -0.1) is 0 Å². The van der Waals surface area contributed by atoms with Crippen LogP contribution in [0.4, 0.5) is 0 Å². The van der Waals surface area contributed by atoms with Crippen molar-refractivity contribution in [3.05, 3.63) is 24.3 Å². The summed E-state index contributed by atoms with van der Waals surface area (Å²) >= 11 is 0. The lowest BCUT2D eigenvalue weighted by atomic mass is 10.1. The topological polar surface area (TPSA) is 39.7 Å². The van der Waals surface area contributed by atoms with Gasteiger partial charge in [0.25, 0.3) is 0 Å². The van der Waals surface area contributed by atoms with Crippen LogP contribution in [0.3, 0.4) is 0 Å². The smallest absolute Gasteiger partial charge is 0.161 e. The van der Waals surface area contributed by atoms with Crippen LogP contribution in [0.25, 0.3) is 0 Å². The molecule has 0 aromatic heterocycles. The number of fused-ring (bicyclic) bond motifs is 1. The second kappa shape index (κ2) is 5.89. The van der Waals surface area contributed by atoms with Crippen molar-refractivity contribution < 1.29 is 14.2 Å². The summed E-state index contributed by atoms with van der Waals surface area (Å²) in [4.78, 5) is 0. The van der Waals surface area contributed by atoms with E-state index in [1.807, 2.05) is 38.2 Å². The Morgan fingerprint density at radius 1 is 1.41 bits per heavy atom. The van der Waals surface area contributed by atoms with Gasteiger partial charge in [0.1, 0.15) is 6.61 Å². The van der Waals surface area contributed by atoms with Crippen molar-refractivity contribution in [2.45, 2.75) is 19.1 Å². The summed E-state index contributed by atoms with van der Waals surface area (Å²) < 4.78 is 17.0. The number of benzene rings is 1. The third-order valence-corrected chi connectivity index (χ3v) is 2.85. The zero-order valence-corrected chi connectivity index (χ0v) is 10.3. The molecule has 0 saturated carbocycles. The van der Waals surface area contributed by atoms with E-state index in [1.165, 1.54) is 0 Å². The van der Waals surface area contributed by atoms with Crippen LogP contribution in [-0.4, -0.2) is 39.0 Å². The summed E-state index contributed by atoms with van der Waals surface area (Å²) in [6.07, 6.45) is -0.0125. The first-order chi connectivity index (χ1) is 8.35. The van der Waals surface area contributed by atoms with Gasteiger partial charge in [0, 0.05) is 6.61 Å². The molecule has 0 spiro atoms. The molecule has 1 aliphatic rings. The number of hydrogen-bond donors (Lipinski definition) is 1. The minimum Gasteiger partial charge on any atom is -0.486 e. The highest BCUT2D eigenvalue weighted by atomic mass is 16.6. The highest BCUT2D eigenvalue weighted by Crippen LogP contribution is 2.31. The van der Waals surface area contributed by atoms with Crippen molar-refractivity contribution in [1.29, 1.82) is 0 Å². The molecule has 0 saturated heterocycles. The summed E-state index contributed by atoms with van der Waals surface area (Å²) in [5.41, 5.74) is 0. The Hall–Kier alpha value is -1.26. The van der Waals surface area contributed by atoms with E-state index in [-0.39, 0.29) is 12.1 Å². The molecule has 0 radical (unpaired) electrons. The number of para-hydroxylation sites is 2. The molecule has 0 bridgehead atoms. The number of likely N-dealkylation sites (N-methyl/N-ethyl adjacent to an activating group) is 1. The first-order valence-electron chi connectivity index (χ1n) is 5.98. The molecule has 0 amide bonds. The van der Waals surface area contributed by atoms with Gasteiger partial charge in [-0.05, 0) is 26.1 Å². The molecule has 1 aliphatic heterocycles. The molecule has 2 rings (SSSR count). The number of hydrogen-bond acceptors (Lipinski definition) is 4. The Balaban J connectivity index is 2.00. The van der Waals surface area contributed by atoms with Gasteiger partial charge in [0.2, 0.25) is 0 Å². The summed E-state index contributed by atoms with van der Waals surface area (Å²) in [6.45, 7) is 3.88. The lowest BCUT2D eigenvalue weighted by molar-refractivity contribution is 0.0256. The normalized spacial score (nSPS) is 20.0. The van der Waals surface area contributed by atoms with E-state index in [0.717, 1.165) is 11.5 Å². The fourth-order valence-corrected chi connectivity index (χ4v) is 1.86. The van der Waals surface area contributed by atoms with Crippen LogP contribution in [0.1, 0.15) is 6.92 Å². The number of ether oxygens (including phenoxy) is 3. The fourth-order valence-electron chi connectivity index (χ4n) is 1.86. The molecular weight excluding hydrogens is 218 g/mol. The first-order valence-corrected chi connectivity index (χ1v) is 5.98. The van der Waals surface area contributed by atoms with Crippen molar-refractivity contribution in [3.63, 3.8) is 0 Å². The van der Waals surface area contributed by atoms with E-state index >= 15 is 0 Å². The summed E-state index contributed by atoms with van der Waals surface area (Å²) in [7, 11) is 1.91. The third kappa shape index (κ3) is 2.90. The molecular formula is C13H19NO3. The molecule has 0 aliphatic carbocycles. The van der Waals surface area contributed by atoms with E-state index in [9.17, 15) is 0 Å². The predicted molar refractivity (Wildman–Crippen MR) is 65.7 cm³/mol. The maximum absolute atomic E-state index is 5.91. The van der Waals surface area contributed by atoms with Crippen LogP contribution in [0.15, 0.2) is 24.3 Å². The molecule has 4 heteroatoms. The molecule has 4 nitrogen and oxygen atoms in total. The second-order valence-corrected chi connectivity index (χ2v) is 3.97. The van der Waals surface area contributed by atoms with Crippen LogP contribution in [0, 0.1) is 0 Å². The molecule has 1 aromatic carbocycles. The SMILES string of the molecule is CCOCC(NC)C1COc2ccccc2O1. The summed E-state index contributed by atoms with van der Waals surface area (Å²) in [5, 5.41) is 3.21. The van der Waals surface area contributed by atoms with Gasteiger partial charge >= 0.3 is 0 Å². The van der Waals surface area contributed by atoms with Crippen molar-refractivity contribution in [1.82, 2.24) is 5.32 Å². The Labute approximate surface area is 102 Å². The highest BCUT2D eigenvalue weighted by Gasteiger charge is 2.27. The van der Waals surface area contributed by atoms with Gasteiger partial charge in [0.15, 0.2) is 17.6 Å². The summed E-state index contributed by atoms with van der Waals surface area (Å²) in [5.74, 6) is 1.62. The van der Waals surface area contributed by atoms with E-state index in [2.05, 4.69) is 5.32 Å². The highest BCUT2D eigenvalue weighted by molar-refractivity contribution is 5.40. The lowest BCUT2D eigenvalue weighted by Crippen LogP contribution is -2.49. The van der Waals surface area contributed by atoms with Crippen molar-refractivity contribution in [2.24, 2.45) is 0 Å². The third-order valence-electron chi connectivity index (χ3n) is 2.85. The monoisotopic (exact) mass is 237 g/mol. The van der Waals surface area contributed by atoms with E-state index in [4.69, 9.17) is 14.2 Å². The Bertz CT molecular complexity index is 356. The minimum absolute atomic E-state index is 0.0125. The van der Waals surface area contributed by atoms with E-state index in [1.54, 1.807) is 0 Å². The fraction of sp³-hybridized carbons (Fsp3) is 0.538. The van der Waals surface area contributed by atoms with Crippen molar-refractivity contribution in [3.8, 4) is 11.5 Å². The van der Waals surface area contributed by atoms with Crippen LogP contribution < -0.4 is 14.8 Å². The van der Waals surface area contributed by atoms with Gasteiger partial charge in [-0.25, -0.2) is 0 Å². The van der Waals surface area contributed by atoms with Gasteiger partial charge in [-0.3, -0.25) is 0 Å². The van der Waals surface area contributed by atoms with E-state index in [0.29, 0.717) is 19.8 Å². The maximum atomic E-state index is 5.91. The van der Waals surface area contributed by atoms with Crippen LogP contribution in [0.5, 0.6) is 11.5 Å². The first kappa shape index (κ1) is 12.2. The summed E-state index contributed by atoms with van der Waals surface area (Å²) in [6, 6.07) is 7.88. The van der Waals surface area contributed by atoms with Crippen LogP contribution >= 0.6 is 0 Å².